The van der Waals surface area contributed by atoms with E-state index in [1.54, 1.807) is 10.7 Å². The zero-order valence-electron chi connectivity index (χ0n) is 10.5. The van der Waals surface area contributed by atoms with Gasteiger partial charge in [-0.25, -0.2) is 4.98 Å². The molecule has 4 N–H and O–H groups in total. The smallest absolute Gasteiger partial charge is 0.162 e. The number of nitrogens with zero attached hydrogens (tertiary/aromatic N) is 4. The van der Waals surface area contributed by atoms with Gasteiger partial charge in [0.1, 0.15) is 11.6 Å². The zero-order valence-corrected chi connectivity index (χ0v) is 10.5. The molecule has 3 heterocycles. The highest BCUT2D eigenvalue weighted by Crippen LogP contribution is 2.26. The van der Waals surface area contributed by atoms with Crippen LogP contribution in [0.1, 0.15) is 18.4 Å². The van der Waals surface area contributed by atoms with E-state index in [1.807, 2.05) is 13.0 Å². The Balaban J connectivity index is 2.09. The third kappa shape index (κ3) is 1.60. The quantitative estimate of drug-likeness (QED) is 0.808. The van der Waals surface area contributed by atoms with Gasteiger partial charge in [0.2, 0.25) is 0 Å². The molecule has 18 heavy (non-hydrogen) atoms. The maximum absolute atomic E-state index is 6.03. The second kappa shape index (κ2) is 4.13. The minimum absolute atomic E-state index is 0.377. The fourth-order valence-electron chi connectivity index (χ4n) is 2.61. The van der Waals surface area contributed by atoms with Gasteiger partial charge in [-0.3, -0.25) is 0 Å². The van der Waals surface area contributed by atoms with Gasteiger partial charge in [0.15, 0.2) is 5.65 Å². The summed E-state index contributed by atoms with van der Waals surface area (Å²) in [6.45, 7) is 3.64. The molecular formula is C12H18N6. The first-order chi connectivity index (χ1) is 8.70. The summed E-state index contributed by atoms with van der Waals surface area (Å²) in [5.74, 6) is 1.53. The number of rotatable bonds is 2. The summed E-state index contributed by atoms with van der Waals surface area (Å²) >= 11 is 0. The first-order valence-electron chi connectivity index (χ1n) is 6.28. The highest BCUT2D eigenvalue weighted by atomic mass is 15.3. The molecule has 3 rings (SSSR count). The van der Waals surface area contributed by atoms with E-state index in [2.05, 4.69) is 15.0 Å². The Labute approximate surface area is 106 Å². The Morgan fingerprint density at radius 3 is 3.11 bits per heavy atom. The summed E-state index contributed by atoms with van der Waals surface area (Å²) in [5, 5.41) is 4.21. The average Bonchev–Trinajstić information content (AvgIpc) is 2.96. The maximum Gasteiger partial charge on any atom is 0.162 e. The highest BCUT2D eigenvalue weighted by molar-refractivity contribution is 5.59. The summed E-state index contributed by atoms with van der Waals surface area (Å²) in [4.78, 5) is 6.92. The molecule has 2 aromatic rings. The second-order valence-electron chi connectivity index (χ2n) is 4.83. The van der Waals surface area contributed by atoms with Gasteiger partial charge in [-0.15, -0.1) is 0 Å². The number of hydrogen-bond donors (Lipinski definition) is 2. The molecule has 1 fully saturated rings. The number of aromatic nitrogens is 3. The largest absolute Gasteiger partial charge is 0.383 e. The molecule has 1 aliphatic rings. The van der Waals surface area contributed by atoms with E-state index in [-0.39, 0.29) is 0 Å². The van der Waals surface area contributed by atoms with Crippen LogP contribution in [0.4, 0.5) is 11.6 Å². The standard InChI is InChI=1S/C12H18N6/c1-8-7-15-18-10(14)5-11(16-12(8)18)17-4-2-3-9(17)6-13/h5,7,9H,2-4,6,13-14H2,1H3/t9-/m1/s1. The van der Waals surface area contributed by atoms with Crippen molar-refractivity contribution in [3.8, 4) is 0 Å². The van der Waals surface area contributed by atoms with Crippen molar-refractivity contribution in [1.29, 1.82) is 0 Å². The van der Waals surface area contributed by atoms with E-state index < -0.39 is 0 Å². The predicted molar refractivity (Wildman–Crippen MR) is 71.6 cm³/mol. The molecule has 6 nitrogen and oxygen atoms in total. The van der Waals surface area contributed by atoms with Gasteiger partial charge in [0.05, 0.1) is 6.20 Å². The molecule has 0 aliphatic carbocycles. The number of hydrogen-bond acceptors (Lipinski definition) is 5. The molecule has 1 saturated heterocycles. The van der Waals surface area contributed by atoms with Crippen LogP contribution < -0.4 is 16.4 Å². The van der Waals surface area contributed by atoms with Crippen LogP contribution in [0.5, 0.6) is 0 Å². The molecule has 0 aromatic carbocycles. The topological polar surface area (TPSA) is 85.5 Å². The van der Waals surface area contributed by atoms with Crippen molar-refractivity contribution in [2.45, 2.75) is 25.8 Å². The van der Waals surface area contributed by atoms with E-state index in [0.717, 1.165) is 36.4 Å². The maximum atomic E-state index is 6.03. The molecule has 96 valence electrons. The van der Waals surface area contributed by atoms with Crippen LogP contribution >= 0.6 is 0 Å². The van der Waals surface area contributed by atoms with Gasteiger partial charge < -0.3 is 16.4 Å². The summed E-state index contributed by atoms with van der Waals surface area (Å²) in [7, 11) is 0. The molecule has 0 radical (unpaired) electrons. The molecule has 0 amide bonds. The number of nitrogen functional groups attached to an aromatic ring is 1. The first-order valence-corrected chi connectivity index (χ1v) is 6.28. The molecule has 0 saturated carbocycles. The highest BCUT2D eigenvalue weighted by Gasteiger charge is 2.25. The number of fused-ring (bicyclic) bond motifs is 1. The van der Waals surface area contributed by atoms with Gasteiger partial charge in [-0.05, 0) is 19.8 Å². The molecule has 1 aliphatic heterocycles. The van der Waals surface area contributed by atoms with Gasteiger partial charge in [0.25, 0.3) is 0 Å². The fourth-order valence-corrected chi connectivity index (χ4v) is 2.61. The third-order valence-electron chi connectivity index (χ3n) is 3.61. The monoisotopic (exact) mass is 246 g/mol. The molecule has 0 spiro atoms. The minimum atomic E-state index is 0.377. The van der Waals surface area contributed by atoms with Crippen LogP contribution in [0.25, 0.3) is 5.65 Å². The molecule has 1 atom stereocenters. The Bertz CT molecular complexity index is 575. The van der Waals surface area contributed by atoms with Crippen LogP contribution in [0, 0.1) is 6.92 Å². The SMILES string of the molecule is Cc1cnn2c(N)cc(N3CCC[C@@H]3CN)nc12. The van der Waals surface area contributed by atoms with E-state index in [0.29, 0.717) is 18.4 Å². The molecule has 6 heteroatoms. The third-order valence-corrected chi connectivity index (χ3v) is 3.61. The normalized spacial score (nSPS) is 19.9. The van der Waals surface area contributed by atoms with Crippen molar-refractivity contribution in [3.63, 3.8) is 0 Å². The van der Waals surface area contributed by atoms with Crippen LogP contribution in [-0.2, 0) is 0 Å². The minimum Gasteiger partial charge on any atom is -0.383 e. The summed E-state index contributed by atoms with van der Waals surface area (Å²) in [5.41, 5.74) is 13.7. The van der Waals surface area contributed by atoms with E-state index in [4.69, 9.17) is 11.5 Å². The average molecular weight is 246 g/mol. The number of nitrogens with two attached hydrogens (primary N) is 2. The van der Waals surface area contributed by atoms with Crippen molar-refractivity contribution in [3.05, 3.63) is 17.8 Å². The summed E-state index contributed by atoms with van der Waals surface area (Å²) in [6.07, 6.45) is 4.07. The van der Waals surface area contributed by atoms with Crippen molar-refractivity contribution in [2.75, 3.05) is 23.7 Å². The lowest BCUT2D eigenvalue weighted by Gasteiger charge is -2.24. The van der Waals surface area contributed by atoms with E-state index in [9.17, 15) is 0 Å². The van der Waals surface area contributed by atoms with Crippen LogP contribution in [0.3, 0.4) is 0 Å². The second-order valence-corrected chi connectivity index (χ2v) is 4.83. The Hall–Kier alpha value is -1.82. The molecule has 2 aromatic heterocycles. The van der Waals surface area contributed by atoms with Crippen molar-refractivity contribution >= 4 is 17.3 Å². The van der Waals surface area contributed by atoms with Crippen molar-refractivity contribution < 1.29 is 0 Å². The molecule has 0 bridgehead atoms. The first kappa shape index (κ1) is 11.3. The Kier molecular flexibility index (Phi) is 2.59. The van der Waals surface area contributed by atoms with Crippen LogP contribution in [0.15, 0.2) is 12.3 Å². The summed E-state index contributed by atoms with van der Waals surface area (Å²) < 4.78 is 1.67. The lowest BCUT2D eigenvalue weighted by molar-refractivity contribution is 0.671. The van der Waals surface area contributed by atoms with Crippen LogP contribution in [0.2, 0.25) is 0 Å². The molecule has 0 unspecified atom stereocenters. The van der Waals surface area contributed by atoms with Crippen molar-refractivity contribution in [1.82, 2.24) is 14.6 Å². The number of aryl methyl sites for hydroxylation is 1. The lowest BCUT2D eigenvalue weighted by Crippen LogP contribution is -2.36. The van der Waals surface area contributed by atoms with Gasteiger partial charge in [-0.2, -0.15) is 9.61 Å². The predicted octanol–water partition coefficient (Wildman–Crippen LogP) is 0.547. The Morgan fingerprint density at radius 2 is 2.33 bits per heavy atom. The van der Waals surface area contributed by atoms with E-state index in [1.165, 1.54) is 0 Å². The van der Waals surface area contributed by atoms with E-state index >= 15 is 0 Å². The van der Waals surface area contributed by atoms with Crippen molar-refractivity contribution in [2.24, 2.45) is 5.73 Å². The van der Waals surface area contributed by atoms with Crippen LogP contribution in [-0.4, -0.2) is 33.7 Å². The number of anilines is 2. The zero-order chi connectivity index (χ0) is 12.7. The van der Waals surface area contributed by atoms with Gasteiger partial charge in [0, 0.05) is 30.8 Å². The fraction of sp³-hybridized carbons (Fsp3) is 0.500. The Morgan fingerprint density at radius 1 is 1.50 bits per heavy atom. The molecular weight excluding hydrogens is 228 g/mol. The van der Waals surface area contributed by atoms with Gasteiger partial charge >= 0.3 is 0 Å². The van der Waals surface area contributed by atoms with Gasteiger partial charge in [-0.1, -0.05) is 0 Å². The lowest BCUT2D eigenvalue weighted by atomic mass is 10.2. The summed E-state index contributed by atoms with van der Waals surface area (Å²) in [6, 6.07) is 2.26.